The van der Waals surface area contributed by atoms with E-state index in [9.17, 15) is 0 Å². The van der Waals surface area contributed by atoms with Gasteiger partial charge in [0.1, 0.15) is 0 Å². The fraction of sp³-hybridized carbons (Fsp3) is 0.857. The van der Waals surface area contributed by atoms with Crippen LogP contribution in [0.1, 0.15) is 45.4 Å². The van der Waals surface area contributed by atoms with E-state index in [4.69, 9.17) is 0 Å². The average molecular weight is 222 g/mol. The molecule has 2 heteroatoms. The standard InChI is InChI=1S/C14H26N2/c1-12-11-14(15-2)8-10-16(12)9-7-13-5-3-4-6-13/h5,12,14-15H,3-4,6-11H2,1-2H3. The van der Waals surface area contributed by atoms with Crippen LogP contribution in [0, 0.1) is 0 Å². The first-order valence-corrected chi connectivity index (χ1v) is 6.89. The van der Waals surface area contributed by atoms with Crippen molar-refractivity contribution >= 4 is 0 Å². The van der Waals surface area contributed by atoms with Gasteiger partial charge in [0.2, 0.25) is 0 Å². The Morgan fingerprint density at radius 1 is 1.50 bits per heavy atom. The van der Waals surface area contributed by atoms with E-state index >= 15 is 0 Å². The van der Waals surface area contributed by atoms with Crippen LogP contribution in [0.5, 0.6) is 0 Å². The van der Waals surface area contributed by atoms with Crippen LogP contribution in [-0.2, 0) is 0 Å². The van der Waals surface area contributed by atoms with Crippen LogP contribution in [-0.4, -0.2) is 37.1 Å². The molecule has 0 aromatic rings. The molecular weight excluding hydrogens is 196 g/mol. The van der Waals surface area contributed by atoms with E-state index in [0.717, 1.165) is 12.1 Å². The maximum Gasteiger partial charge on any atom is 0.00910 e. The van der Waals surface area contributed by atoms with Gasteiger partial charge in [0.25, 0.3) is 0 Å². The second-order valence-corrected chi connectivity index (χ2v) is 5.40. The lowest BCUT2D eigenvalue weighted by molar-refractivity contribution is 0.140. The number of hydrogen-bond donors (Lipinski definition) is 1. The molecular formula is C14H26N2. The highest BCUT2D eigenvalue weighted by Gasteiger charge is 2.24. The number of likely N-dealkylation sites (tertiary alicyclic amines) is 1. The minimum atomic E-state index is 0.747. The Bertz CT molecular complexity index is 247. The van der Waals surface area contributed by atoms with Gasteiger partial charge in [-0.05, 0) is 59.0 Å². The second-order valence-electron chi connectivity index (χ2n) is 5.40. The van der Waals surface area contributed by atoms with E-state index in [1.165, 1.54) is 51.6 Å². The fourth-order valence-corrected chi connectivity index (χ4v) is 3.07. The molecule has 0 saturated carbocycles. The summed E-state index contributed by atoms with van der Waals surface area (Å²) >= 11 is 0. The van der Waals surface area contributed by atoms with Crippen molar-refractivity contribution in [2.45, 2.75) is 57.5 Å². The van der Waals surface area contributed by atoms with E-state index in [-0.39, 0.29) is 0 Å². The Balaban J connectivity index is 1.73. The van der Waals surface area contributed by atoms with Gasteiger partial charge < -0.3 is 10.2 Å². The van der Waals surface area contributed by atoms with Crippen LogP contribution in [0.25, 0.3) is 0 Å². The SMILES string of the molecule is CNC1CCN(CCC2=CCCC2)C(C)C1. The van der Waals surface area contributed by atoms with Crippen LogP contribution < -0.4 is 5.32 Å². The third-order valence-corrected chi connectivity index (χ3v) is 4.28. The molecule has 0 spiro atoms. The van der Waals surface area contributed by atoms with Gasteiger partial charge in [-0.25, -0.2) is 0 Å². The maximum absolute atomic E-state index is 3.41. The predicted octanol–water partition coefficient (Wildman–Crippen LogP) is 2.56. The summed E-state index contributed by atoms with van der Waals surface area (Å²) in [5.41, 5.74) is 1.71. The monoisotopic (exact) mass is 222 g/mol. The molecule has 2 rings (SSSR count). The maximum atomic E-state index is 3.41. The largest absolute Gasteiger partial charge is 0.317 e. The predicted molar refractivity (Wildman–Crippen MR) is 69.7 cm³/mol. The first-order valence-electron chi connectivity index (χ1n) is 6.89. The molecule has 0 bridgehead atoms. The summed E-state index contributed by atoms with van der Waals surface area (Å²) in [7, 11) is 2.09. The highest BCUT2D eigenvalue weighted by atomic mass is 15.2. The van der Waals surface area contributed by atoms with Crippen molar-refractivity contribution in [2.24, 2.45) is 0 Å². The van der Waals surface area contributed by atoms with Crippen molar-refractivity contribution in [1.29, 1.82) is 0 Å². The van der Waals surface area contributed by atoms with Gasteiger partial charge in [-0.2, -0.15) is 0 Å². The van der Waals surface area contributed by atoms with Crippen molar-refractivity contribution in [1.82, 2.24) is 10.2 Å². The lowest BCUT2D eigenvalue weighted by atomic mass is 9.98. The molecule has 16 heavy (non-hydrogen) atoms. The van der Waals surface area contributed by atoms with Crippen LogP contribution in [0.4, 0.5) is 0 Å². The lowest BCUT2D eigenvalue weighted by Crippen LogP contribution is -2.46. The Hall–Kier alpha value is -0.340. The van der Waals surface area contributed by atoms with Crippen molar-refractivity contribution < 1.29 is 0 Å². The van der Waals surface area contributed by atoms with Gasteiger partial charge in [0, 0.05) is 18.6 Å². The van der Waals surface area contributed by atoms with Crippen LogP contribution >= 0.6 is 0 Å². The first kappa shape index (κ1) is 12.1. The number of piperidine rings is 1. The quantitative estimate of drug-likeness (QED) is 0.735. The van der Waals surface area contributed by atoms with Gasteiger partial charge in [-0.3, -0.25) is 0 Å². The molecule has 1 aliphatic carbocycles. The van der Waals surface area contributed by atoms with Crippen molar-refractivity contribution in [3.8, 4) is 0 Å². The summed E-state index contributed by atoms with van der Waals surface area (Å²) in [6.07, 6.45) is 10.5. The Morgan fingerprint density at radius 2 is 2.38 bits per heavy atom. The molecule has 2 aliphatic rings. The number of nitrogens with zero attached hydrogens (tertiary/aromatic N) is 1. The van der Waals surface area contributed by atoms with Crippen LogP contribution in [0.15, 0.2) is 11.6 Å². The summed E-state index contributed by atoms with van der Waals surface area (Å²) in [4.78, 5) is 2.67. The first-order chi connectivity index (χ1) is 7.79. The van der Waals surface area contributed by atoms with E-state index < -0.39 is 0 Å². The van der Waals surface area contributed by atoms with Gasteiger partial charge in [0.15, 0.2) is 0 Å². The molecule has 2 nitrogen and oxygen atoms in total. The molecule has 0 amide bonds. The zero-order valence-corrected chi connectivity index (χ0v) is 10.8. The minimum Gasteiger partial charge on any atom is -0.317 e. The van der Waals surface area contributed by atoms with E-state index in [1.54, 1.807) is 5.57 Å². The molecule has 1 aliphatic heterocycles. The zero-order valence-electron chi connectivity index (χ0n) is 10.8. The molecule has 0 aromatic heterocycles. The lowest BCUT2D eigenvalue weighted by Gasteiger charge is -2.37. The van der Waals surface area contributed by atoms with Gasteiger partial charge in [0.05, 0.1) is 0 Å². The van der Waals surface area contributed by atoms with Crippen molar-refractivity contribution in [3.05, 3.63) is 11.6 Å². The average Bonchev–Trinajstić information content (AvgIpc) is 2.80. The topological polar surface area (TPSA) is 15.3 Å². The third kappa shape index (κ3) is 3.08. The Morgan fingerprint density at radius 3 is 3.00 bits per heavy atom. The number of rotatable bonds is 4. The number of allylic oxidation sites excluding steroid dienone is 1. The molecule has 2 unspecified atom stereocenters. The highest BCUT2D eigenvalue weighted by molar-refractivity contribution is 5.07. The fourth-order valence-electron chi connectivity index (χ4n) is 3.07. The highest BCUT2D eigenvalue weighted by Crippen LogP contribution is 2.23. The zero-order chi connectivity index (χ0) is 11.4. The Labute approximate surface area is 100 Å². The summed E-state index contributed by atoms with van der Waals surface area (Å²) < 4.78 is 0. The molecule has 92 valence electrons. The van der Waals surface area contributed by atoms with Gasteiger partial charge in [-0.1, -0.05) is 11.6 Å². The van der Waals surface area contributed by atoms with Crippen LogP contribution in [0.3, 0.4) is 0 Å². The molecule has 1 fully saturated rings. The van der Waals surface area contributed by atoms with E-state index in [1.807, 2.05) is 0 Å². The van der Waals surface area contributed by atoms with Gasteiger partial charge in [-0.15, -0.1) is 0 Å². The van der Waals surface area contributed by atoms with Crippen LogP contribution in [0.2, 0.25) is 0 Å². The molecule has 2 atom stereocenters. The summed E-state index contributed by atoms with van der Waals surface area (Å²) in [6.45, 7) is 4.94. The second kappa shape index (κ2) is 5.83. The summed E-state index contributed by atoms with van der Waals surface area (Å²) in [5, 5.41) is 3.41. The summed E-state index contributed by atoms with van der Waals surface area (Å²) in [6, 6.07) is 1.50. The normalized spacial score (nSPS) is 31.8. The molecule has 0 aromatic carbocycles. The number of hydrogen-bond acceptors (Lipinski definition) is 2. The van der Waals surface area contributed by atoms with Crippen molar-refractivity contribution in [3.63, 3.8) is 0 Å². The third-order valence-electron chi connectivity index (χ3n) is 4.28. The summed E-state index contributed by atoms with van der Waals surface area (Å²) in [5.74, 6) is 0. The smallest absolute Gasteiger partial charge is 0.00910 e. The molecule has 1 N–H and O–H groups in total. The van der Waals surface area contributed by atoms with Gasteiger partial charge >= 0.3 is 0 Å². The molecule has 1 saturated heterocycles. The van der Waals surface area contributed by atoms with E-state index in [0.29, 0.717) is 0 Å². The number of nitrogens with one attached hydrogen (secondary N) is 1. The molecule has 1 heterocycles. The molecule has 0 radical (unpaired) electrons. The Kier molecular flexibility index (Phi) is 4.42. The van der Waals surface area contributed by atoms with E-state index in [2.05, 4.69) is 30.3 Å². The minimum absolute atomic E-state index is 0.747. The van der Waals surface area contributed by atoms with Crippen molar-refractivity contribution in [2.75, 3.05) is 20.1 Å².